The molecule has 0 unspecified atom stereocenters. The van der Waals surface area contributed by atoms with Gasteiger partial charge in [-0.1, -0.05) is 0 Å². The Kier molecular flexibility index (Phi) is 7.42. The van der Waals surface area contributed by atoms with E-state index in [1.807, 2.05) is 0 Å². The first kappa shape index (κ1) is 15.0. The number of hydrogen-bond donors (Lipinski definition) is 4. The predicted octanol–water partition coefficient (Wildman–Crippen LogP) is -2.37. The summed E-state index contributed by atoms with van der Waals surface area (Å²) in [7, 11) is 0. The molecular formula is C4H10N2O8. The van der Waals surface area contributed by atoms with Gasteiger partial charge in [-0.25, -0.2) is 0 Å². The van der Waals surface area contributed by atoms with Crippen molar-refractivity contribution in [2.75, 3.05) is 19.8 Å². The van der Waals surface area contributed by atoms with Crippen LogP contribution in [0.3, 0.4) is 0 Å². The molecule has 0 atom stereocenters. The fourth-order valence-electron chi connectivity index (χ4n) is 0.323. The van der Waals surface area contributed by atoms with Crippen LogP contribution in [0.4, 0.5) is 0 Å². The third-order valence-corrected chi connectivity index (χ3v) is 1.27. The van der Waals surface area contributed by atoms with Gasteiger partial charge in [-0.15, -0.1) is 10.1 Å². The summed E-state index contributed by atoms with van der Waals surface area (Å²) >= 11 is 0. The van der Waals surface area contributed by atoms with E-state index in [-0.39, 0.29) is 0 Å². The van der Waals surface area contributed by atoms with Gasteiger partial charge in [0.25, 0.3) is 10.6 Å². The molecule has 14 heavy (non-hydrogen) atoms. The summed E-state index contributed by atoms with van der Waals surface area (Å²) in [5.74, 6) is 0. The van der Waals surface area contributed by atoms with Crippen molar-refractivity contribution in [1.29, 1.82) is 0 Å². The molecule has 10 heteroatoms. The van der Waals surface area contributed by atoms with Crippen LogP contribution in [-0.4, -0.2) is 55.9 Å². The molecule has 0 heterocycles. The summed E-state index contributed by atoms with van der Waals surface area (Å²) in [5, 5.41) is 48.8. The average Bonchev–Trinajstić information content (AvgIpc) is 2.07. The molecule has 10 nitrogen and oxygen atoms in total. The van der Waals surface area contributed by atoms with Gasteiger partial charge in [-0.3, -0.25) is 10.1 Å². The second-order valence-corrected chi connectivity index (χ2v) is 2.19. The van der Waals surface area contributed by atoms with Crippen molar-refractivity contribution in [3.05, 3.63) is 20.2 Å². The maximum Gasteiger partial charge on any atom is 0.291 e. The van der Waals surface area contributed by atoms with E-state index in [9.17, 15) is 10.1 Å². The highest BCUT2D eigenvalue weighted by Gasteiger charge is 2.41. The molecule has 0 amide bonds. The average molecular weight is 214 g/mol. The number of aliphatic hydroxyl groups is 3. The number of nitrogens with zero attached hydrogens (tertiary/aromatic N) is 2. The van der Waals surface area contributed by atoms with E-state index < -0.39 is 35.4 Å². The Morgan fingerprint density at radius 3 is 1.21 bits per heavy atom. The van der Waals surface area contributed by atoms with Gasteiger partial charge in [0.1, 0.15) is 19.8 Å². The maximum absolute atomic E-state index is 10.0. The second-order valence-electron chi connectivity index (χ2n) is 2.19. The molecule has 0 aliphatic rings. The van der Waals surface area contributed by atoms with E-state index in [4.69, 9.17) is 30.6 Å². The Hall–Kier alpha value is -1.52. The molecule has 0 rings (SSSR count). The SMILES string of the molecule is O=[N+]([O-])C(CO)(CO)CO.O=[N+]([O-])O. The molecule has 0 aromatic heterocycles. The highest BCUT2D eigenvalue weighted by atomic mass is 16.9. The molecule has 0 bridgehead atoms. The fraction of sp³-hybridized carbons (Fsp3) is 1.00. The molecule has 0 spiro atoms. The van der Waals surface area contributed by atoms with Crippen molar-refractivity contribution in [3.63, 3.8) is 0 Å². The summed E-state index contributed by atoms with van der Waals surface area (Å²) in [6.45, 7) is -2.60. The summed E-state index contributed by atoms with van der Waals surface area (Å²) in [4.78, 5) is 17.5. The van der Waals surface area contributed by atoms with Gasteiger partial charge in [0.15, 0.2) is 0 Å². The lowest BCUT2D eigenvalue weighted by Crippen LogP contribution is -2.49. The van der Waals surface area contributed by atoms with Crippen LogP contribution >= 0.6 is 0 Å². The molecule has 0 aliphatic carbocycles. The maximum atomic E-state index is 10.0. The molecule has 0 saturated carbocycles. The van der Waals surface area contributed by atoms with Gasteiger partial charge < -0.3 is 20.5 Å². The number of nitro groups is 1. The van der Waals surface area contributed by atoms with E-state index >= 15 is 0 Å². The third kappa shape index (κ3) is 5.18. The molecular weight excluding hydrogens is 204 g/mol. The predicted molar refractivity (Wildman–Crippen MR) is 39.8 cm³/mol. The van der Waals surface area contributed by atoms with Crippen molar-refractivity contribution in [3.8, 4) is 0 Å². The standard InChI is InChI=1S/C4H9NO5.HNO3/c6-1-4(2-7,3-8)5(9)10;2-1(3)4/h6-8H,1-3H2;(H,2,3,4). The zero-order valence-corrected chi connectivity index (χ0v) is 6.94. The first-order chi connectivity index (χ1) is 6.36. The molecule has 4 N–H and O–H groups in total. The highest BCUT2D eigenvalue weighted by molar-refractivity contribution is 4.75. The monoisotopic (exact) mass is 214 g/mol. The first-order valence-electron chi connectivity index (χ1n) is 3.16. The van der Waals surface area contributed by atoms with E-state index in [1.54, 1.807) is 0 Å². The van der Waals surface area contributed by atoms with Gasteiger partial charge >= 0.3 is 0 Å². The Labute approximate surface area is 77.3 Å². The quantitative estimate of drug-likeness (QED) is 0.297. The van der Waals surface area contributed by atoms with E-state index in [0.717, 1.165) is 0 Å². The first-order valence-corrected chi connectivity index (χ1v) is 3.16. The van der Waals surface area contributed by atoms with Gasteiger partial charge in [-0.2, -0.15) is 0 Å². The molecule has 0 saturated heterocycles. The number of aliphatic hydroxyl groups excluding tert-OH is 3. The van der Waals surface area contributed by atoms with E-state index in [2.05, 4.69) is 0 Å². The van der Waals surface area contributed by atoms with Crippen LogP contribution in [0.2, 0.25) is 0 Å². The summed E-state index contributed by atoms with van der Waals surface area (Å²) < 4.78 is 0. The van der Waals surface area contributed by atoms with Crippen LogP contribution in [0, 0.1) is 20.2 Å². The van der Waals surface area contributed by atoms with Crippen molar-refractivity contribution >= 4 is 0 Å². The molecule has 0 aromatic rings. The van der Waals surface area contributed by atoms with Crippen molar-refractivity contribution in [2.45, 2.75) is 5.54 Å². The Morgan fingerprint density at radius 2 is 1.21 bits per heavy atom. The summed E-state index contributed by atoms with van der Waals surface area (Å²) in [6.07, 6.45) is 0. The van der Waals surface area contributed by atoms with E-state index in [1.165, 1.54) is 0 Å². The molecule has 0 aromatic carbocycles. The minimum atomic E-state index is -1.99. The normalized spacial score (nSPS) is 9.93. The van der Waals surface area contributed by atoms with Gasteiger partial charge in [0.2, 0.25) is 0 Å². The van der Waals surface area contributed by atoms with Gasteiger partial charge in [0, 0.05) is 4.92 Å². The Bertz CT molecular complexity index is 178. The molecule has 0 aliphatic heterocycles. The molecule has 0 radical (unpaired) electrons. The zero-order valence-electron chi connectivity index (χ0n) is 6.94. The smallest absolute Gasteiger partial charge is 0.291 e. The third-order valence-electron chi connectivity index (χ3n) is 1.27. The molecule has 0 fully saturated rings. The number of rotatable bonds is 4. The zero-order chi connectivity index (χ0) is 11.8. The van der Waals surface area contributed by atoms with Crippen LogP contribution in [0.25, 0.3) is 0 Å². The van der Waals surface area contributed by atoms with Crippen molar-refractivity contribution < 1.29 is 30.5 Å². The fourth-order valence-corrected chi connectivity index (χ4v) is 0.323. The van der Waals surface area contributed by atoms with Gasteiger partial charge in [-0.05, 0) is 0 Å². The molecule has 84 valence electrons. The number of hydrogen-bond acceptors (Lipinski definition) is 7. The van der Waals surface area contributed by atoms with Crippen molar-refractivity contribution in [2.24, 2.45) is 0 Å². The topological polar surface area (TPSA) is 167 Å². The summed E-state index contributed by atoms with van der Waals surface area (Å²) in [5.41, 5.74) is -1.99. The van der Waals surface area contributed by atoms with E-state index in [0.29, 0.717) is 0 Å². The Balaban J connectivity index is 0. The highest BCUT2D eigenvalue weighted by Crippen LogP contribution is 2.05. The van der Waals surface area contributed by atoms with Crippen molar-refractivity contribution in [1.82, 2.24) is 0 Å². The van der Waals surface area contributed by atoms with Crippen LogP contribution < -0.4 is 0 Å². The van der Waals surface area contributed by atoms with Crippen LogP contribution in [-0.2, 0) is 0 Å². The van der Waals surface area contributed by atoms with Crippen LogP contribution in [0.1, 0.15) is 0 Å². The summed E-state index contributed by atoms with van der Waals surface area (Å²) in [6, 6.07) is 0. The Morgan fingerprint density at radius 1 is 1.00 bits per heavy atom. The lowest BCUT2D eigenvalue weighted by molar-refractivity contribution is -0.742. The lowest BCUT2D eigenvalue weighted by Gasteiger charge is -2.16. The lowest BCUT2D eigenvalue weighted by atomic mass is 10.1. The largest absolute Gasteiger partial charge is 0.389 e. The second kappa shape index (κ2) is 6.94. The van der Waals surface area contributed by atoms with Gasteiger partial charge in [0.05, 0.1) is 0 Å². The minimum absolute atomic E-state index is 0.868. The van der Waals surface area contributed by atoms with Crippen LogP contribution in [0.15, 0.2) is 0 Å². The minimum Gasteiger partial charge on any atom is -0.389 e. The van der Waals surface area contributed by atoms with Crippen LogP contribution in [0.5, 0.6) is 0 Å².